The second kappa shape index (κ2) is 4.27. The molecule has 1 heterocycles. The Morgan fingerprint density at radius 2 is 2.25 bits per heavy atom. The Balaban J connectivity index is 1.71. The van der Waals surface area contributed by atoms with Crippen LogP contribution < -0.4 is 10.1 Å². The van der Waals surface area contributed by atoms with Gasteiger partial charge in [0.15, 0.2) is 0 Å². The van der Waals surface area contributed by atoms with Gasteiger partial charge in [-0.05, 0) is 43.0 Å². The van der Waals surface area contributed by atoms with Gasteiger partial charge in [-0.3, -0.25) is 0 Å². The Labute approximate surface area is 101 Å². The average molecular weight is 238 g/mol. The quantitative estimate of drug-likeness (QED) is 0.870. The van der Waals surface area contributed by atoms with E-state index in [-0.39, 0.29) is 0 Å². The summed E-state index contributed by atoms with van der Waals surface area (Å²) in [7, 11) is 0. The van der Waals surface area contributed by atoms with Crippen molar-refractivity contribution in [2.75, 3.05) is 13.2 Å². The molecule has 0 bridgehead atoms. The minimum atomic E-state index is 0.797. The first-order chi connectivity index (χ1) is 7.83. The van der Waals surface area contributed by atoms with Crippen molar-refractivity contribution in [1.82, 2.24) is 5.32 Å². The van der Waals surface area contributed by atoms with Crippen molar-refractivity contribution < 1.29 is 4.74 Å². The lowest BCUT2D eigenvalue weighted by molar-refractivity contribution is 0.352. The van der Waals surface area contributed by atoms with Crippen LogP contribution in [-0.4, -0.2) is 13.2 Å². The summed E-state index contributed by atoms with van der Waals surface area (Å²) in [5, 5.41) is 4.31. The SMILES string of the molecule is Clc1cc2c(c(CNCC3CC3)c1)OCC2. The second-order valence-corrected chi connectivity index (χ2v) is 5.16. The van der Waals surface area contributed by atoms with Crippen LogP contribution in [0.5, 0.6) is 5.75 Å². The van der Waals surface area contributed by atoms with E-state index in [0.717, 1.165) is 42.8 Å². The number of ether oxygens (including phenoxy) is 1. The summed E-state index contributed by atoms with van der Waals surface area (Å²) in [5.41, 5.74) is 2.47. The van der Waals surface area contributed by atoms with Crippen LogP contribution >= 0.6 is 11.6 Å². The first-order valence-electron chi connectivity index (χ1n) is 5.98. The molecule has 0 spiro atoms. The second-order valence-electron chi connectivity index (χ2n) is 4.73. The van der Waals surface area contributed by atoms with Crippen LogP contribution in [0.4, 0.5) is 0 Å². The summed E-state index contributed by atoms with van der Waals surface area (Å²) in [6.45, 7) is 2.80. The zero-order chi connectivity index (χ0) is 11.0. The van der Waals surface area contributed by atoms with Crippen LogP contribution in [0.25, 0.3) is 0 Å². The van der Waals surface area contributed by atoms with E-state index in [9.17, 15) is 0 Å². The van der Waals surface area contributed by atoms with E-state index < -0.39 is 0 Å². The highest BCUT2D eigenvalue weighted by molar-refractivity contribution is 6.30. The Hall–Kier alpha value is -0.730. The van der Waals surface area contributed by atoms with Gasteiger partial charge in [-0.2, -0.15) is 0 Å². The summed E-state index contributed by atoms with van der Waals surface area (Å²) < 4.78 is 5.66. The molecule has 1 saturated carbocycles. The highest BCUT2D eigenvalue weighted by Crippen LogP contribution is 2.33. The molecule has 1 aliphatic heterocycles. The number of hydrogen-bond donors (Lipinski definition) is 1. The molecule has 0 aromatic heterocycles. The molecule has 0 saturated heterocycles. The number of rotatable bonds is 4. The molecule has 0 unspecified atom stereocenters. The zero-order valence-corrected chi connectivity index (χ0v) is 10.0. The van der Waals surface area contributed by atoms with Gasteiger partial charge < -0.3 is 10.1 Å². The minimum Gasteiger partial charge on any atom is -0.493 e. The fourth-order valence-electron chi connectivity index (χ4n) is 2.21. The Morgan fingerprint density at radius 3 is 3.06 bits per heavy atom. The molecule has 1 aromatic rings. The van der Waals surface area contributed by atoms with Crippen molar-refractivity contribution in [3.05, 3.63) is 28.3 Å². The van der Waals surface area contributed by atoms with E-state index in [1.807, 2.05) is 12.1 Å². The third-order valence-corrected chi connectivity index (χ3v) is 3.49. The molecule has 3 rings (SSSR count). The molecule has 0 radical (unpaired) electrons. The van der Waals surface area contributed by atoms with Gasteiger partial charge in [-0.25, -0.2) is 0 Å². The molecule has 1 N–H and O–H groups in total. The summed E-state index contributed by atoms with van der Waals surface area (Å²) in [4.78, 5) is 0. The van der Waals surface area contributed by atoms with Crippen molar-refractivity contribution in [1.29, 1.82) is 0 Å². The molecular weight excluding hydrogens is 222 g/mol. The van der Waals surface area contributed by atoms with Gasteiger partial charge in [0.1, 0.15) is 5.75 Å². The van der Waals surface area contributed by atoms with E-state index in [4.69, 9.17) is 16.3 Å². The van der Waals surface area contributed by atoms with Gasteiger partial charge in [-0.1, -0.05) is 11.6 Å². The van der Waals surface area contributed by atoms with Crippen LogP contribution in [0.1, 0.15) is 24.0 Å². The lowest BCUT2D eigenvalue weighted by Gasteiger charge is -2.09. The van der Waals surface area contributed by atoms with E-state index in [1.165, 1.54) is 24.0 Å². The van der Waals surface area contributed by atoms with Gasteiger partial charge in [0, 0.05) is 23.6 Å². The predicted molar refractivity (Wildman–Crippen MR) is 65.1 cm³/mol. The van der Waals surface area contributed by atoms with Crippen LogP contribution in [0.2, 0.25) is 5.02 Å². The summed E-state index contributed by atoms with van der Waals surface area (Å²) in [5.74, 6) is 1.97. The van der Waals surface area contributed by atoms with E-state index in [2.05, 4.69) is 5.32 Å². The van der Waals surface area contributed by atoms with Gasteiger partial charge in [0.2, 0.25) is 0 Å². The summed E-state index contributed by atoms with van der Waals surface area (Å²) in [6, 6.07) is 4.04. The van der Waals surface area contributed by atoms with Crippen LogP contribution in [-0.2, 0) is 13.0 Å². The van der Waals surface area contributed by atoms with E-state index in [1.54, 1.807) is 0 Å². The maximum absolute atomic E-state index is 6.10. The van der Waals surface area contributed by atoms with Crippen LogP contribution in [0.3, 0.4) is 0 Å². The first kappa shape index (κ1) is 10.4. The number of halogens is 1. The number of benzene rings is 1. The maximum Gasteiger partial charge on any atom is 0.127 e. The molecule has 1 aromatic carbocycles. The molecule has 1 fully saturated rings. The molecule has 3 heteroatoms. The number of hydrogen-bond acceptors (Lipinski definition) is 2. The summed E-state index contributed by atoms with van der Waals surface area (Å²) >= 11 is 6.10. The topological polar surface area (TPSA) is 21.3 Å². The highest BCUT2D eigenvalue weighted by Gasteiger charge is 2.21. The average Bonchev–Trinajstić information content (AvgIpc) is 2.95. The Morgan fingerprint density at radius 1 is 1.38 bits per heavy atom. The van der Waals surface area contributed by atoms with Crippen molar-refractivity contribution in [3.8, 4) is 5.75 Å². The summed E-state index contributed by atoms with van der Waals surface area (Å²) in [6.07, 6.45) is 3.76. The van der Waals surface area contributed by atoms with Crippen molar-refractivity contribution in [2.24, 2.45) is 5.92 Å². The molecule has 1 aliphatic carbocycles. The van der Waals surface area contributed by atoms with Gasteiger partial charge in [0.05, 0.1) is 6.61 Å². The smallest absolute Gasteiger partial charge is 0.127 e. The molecule has 2 aliphatic rings. The third-order valence-electron chi connectivity index (χ3n) is 3.27. The molecule has 16 heavy (non-hydrogen) atoms. The Bertz CT molecular complexity index is 401. The largest absolute Gasteiger partial charge is 0.493 e. The van der Waals surface area contributed by atoms with Crippen molar-refractivity contribution >= 4 is 11.6 Å². The zero-order valence-electron chi connectivity index (χ0n) is 9.26. The predicted octanol–water partition coefficient (Wildman–Crippen LogP) is 2.77. The van der Waals surface area contributed by atoms with Crippen LogP contribution in [0, 0.1) is 5.92 Å². The van der Waals surface area contributed by atoms with Crippen molar-refractivity contribution in [3.63, 3.8) is 0 Å². The normalized spacial score (nSPS) is 18.3. The number of nitrogens with one attached hydrogen (secondary N) is 1. The highest BCUT2D eigenvalue weighted by atomic mass is 35.5. The van der Waals surface area contributed by atoms with Gasteiger partial charge >= 0.3 is 0 Å². The maximum atomic E-state index is 6.10. The fraction of sp³-hybridized carbons (Fsp3) is 0.538. The van der Waals surface area contributed by atoms with Crippen molar-refractivity contribution in [2.45, 2.75) is 25.8 Å². The molecule has 0 atom stereocenters. The monoisotopic (exact) mass is 237 g/mol. The molecule has 86 valence electrons. The molecule has 0 amide bonds. The first-order valence-corrected chi connectivity index (χ1v) is 6.35. The lowest BCUT2D eigenvalue weighted by atomic mass is 10.1. The molecular formula is C13H16ClNO. The molecule has 2 nitrogen and oxygen atoms in total. The minimum absolute atomic E-state index is 0.797. The van der Waals surface area contributed by atoms with E-state index >= 15 is 0 Å². The third kappa shape index (κ3) is 2.18. The standard InChI is InChI=1S/C13H16ClNO/c14-12-5-10-3-4-16-13(10)11(6-12)8-15-7-9-1-2-9/h5-6,9,15H,1-4,7-8H2. The number of fused-ring (bicyclic) bond motifs is 1. The Kier molecular flexibility index (Phi) is 2.78. The van der Waals surface area contributed by atoms with Crippen LogP contribution in [0.15, 0.2) is 12.1 Å². The van der Waals surface area contributed by atoms with Gasteiger partial charge in [-0.15, -0.1) is 0 Å². The van der Waals surface area contributed by atoms with Gasteiger partial charge in [0.25, 0.3) is 0 Å². The fourth-order valence-corrected chi connectivity index (χ4v) is 2.47. The lowest BCUT2D eigenvalue weighted by Crippen LogP contribution is -2.16. The van der Waals surface area contributed by atoms with E-state index in [0.29, 0.717) is 0 Å².